The zero-order valence-electron chi connectivity index (χ0n) is 7.16. The maximum absolute atomic E-state index is 5.07. The van der Waals surface area contributed by atoms with E-state index in [2.05, 4.69) is 6.58 Å². The molecule has 0 radical (unpaired) electrons. The molecular formula is C7H16N2O. The van der Waals surface area contributed by atoms with Crippen LogP contribution in [0.25, 0.3) is 0 Å². The molecular weight excluding hydrogens is 128 g/mol. The molecule has 0 amide bonds. The highest BCUT2D eigenvalue weighted by atomic mass is 16.5. The molecule has 3 heteroatoms. The summed E-state index contributed by atoms with van der Waals surface area (Å²) in [7, 11) is 5.54. The number of ether oxygens (including phenoxy) is 1. The van der Waals surface area contributed by atoms with E-state index in [1.54, 1.807) is 13.3 Å². The number of methoxy groups -OCH3 is 1. The lowest BCUT2D eigenvalue weighted by Crippen LogP contribution is -2.40. The molecule has 0 aromatic rings. The predicted octanol–water partition coefficient (Wildman–Crippen LogP) is 0.901. The van der Waals surface area contributed by atoms with Crippen LogP contribution in [0.2, 0.25) is 0 Å². The highest BCUT2D eigenvalue weighted by Gasteiger charge is 2.08. The summed E-state index contributed by atoms with van der Waals surface area (Å²) in [5, 5.41) is 3.81. The normalized spacial score (nSPS) is 13.3. The van der Waals surface area contributed by atoms with Crippen molar-refractivity contribution in [2.45, 2.75) is 13.2 Å². The van der Waals surface area contributed by atoms with Crippen LogP contribution >= 0.6 is 0 Å². The lowest BCUT2D eigenvalue weighted by molar-refractivity contribution is -0.0938. The molecule has 60 valence electrons. The maximum Gasteiger partial charge on any atom is 0.124 e. The Balaban J connectivity index is 3.80. The quantitative estimate of drug-likeness (QED) is 0.430. The van der Waals surface area contributed by atoms with Crippen molar-refractivity contribution < 1.29 is 4.74 Å². The second kappa shape index (κ2) is 4.30. The van der Waals surface area contributed by atoms with Gasteiger partial charge in [-0.15, -0.1) is 0 Å². The van der Waals surface area contributed by atoms with E-state index in [9.17, 15) is 0 Å². The first-order valence-electron chi connectivity index (χ1n) is 3.24. The third-order valence-corrected chi connectivity index (χ3v) is 1.63. The third kappa shape index (κ3) is 2.37. The van der Waals surface area contributed by atoms with Crippen molar-refractivity contribution in [1.82, 2.24) is 10.0 Å². The maximum atomic E-state index is 5.07. The monoisotopic (exact) mass is 144 g/mol. The largest absolute Gasteiger partial charge is 0.365 e. The Morgan fingerprint density at radius 2 is 2.00 bits per heavy atom. The molecule has 0 aliphatic rings. The lowest BCUT2D eigenvalue weighted by Gasteiger charge is -2.30. The van der Waals surface area contributed by atoms with Crippen LogP contribution in [0.1, 0.15) is 6.92 Å². The van der Waals surface area contributed by atoms with Gasteiger partial charge in [0.25, 0.3) is 0 Å². The highest BCUT2D eigenvalue weighted by molar-refractivity contribution is 4.63. The second-order valence-corrected chi connectivity index (χ2v) is 2.16. The Kier molecular flexibility index (Phi) is 4.07. The fraction of sp³-hybridized carbons (Fsp3) is 0.714. The Morgan fingerprint density at radius 1 is 1.50 bits per heavy atom. The van der Waals surface area contributed by atoms with Crippen molar-refractivity contribution in [2.75, 3.05) is 21.2 Å². The van der Waals surface area contributed by atoms with Gasteiger partial charge in [0.05, 0.1) is 0 Å². The summed E-state index contributed by atoms with van der Waals surface area (Å²) in [4.78, 5) is 0. The van der Waals surface area contributed by atoms with Crippen LogP contribution < -0.4 is 0 Å². The van der Waals surface area contributed by atoms with E-state index in [1.165, 1.54) is 0 Å². The number of hydrogen-bond acceptors (Lipinski definition) is 3. The minimum atomic E-state index is 0.0861. The smallest absolute Gasteiger partial charge is 0.124 e. The van der Waals surface area contributed by atoms with Gasteiger partial charge in [-0.1, -0.05) is 6.58 Å². The van der Waals surface area contributed by atoms with E-state index in [1.807, 2.05) is 31.0 Å². The fourth-order valence-corrected chi connectivity index (χ4v) is 0.538. The van der Waals surface area contributed by atoms with Crippen LogP contribution in [-0.2, 0) is 4.74 Å². The summed E-state index contributed by atoms with van der Waals surface area (Å²) < 4.78 is 5.07. The van der Waals surface area contributed by atoms with Crippen LogP contribution in [0.4, 0.5) is 0 Å². The molecule has 3 nitrogen and oxygen atoms in total. The molecule has 0 heterocycles. The molecule has 0 saturated heterocycles. The van der Waals surface area contributed by atoms with E-state index in [-0.39, 0.29) is 6.23 Å². The van der Waals surface area contributed by atoms with E-state index in [0.717, 1.165) is 0 Å². The van der Waals surface area contributed by atoms with Crippen molar-refractivity contribution in [2.24, 2.45) is 0 Å². The van der Waals surface area contributed by atoms with Gasteiger partial charge in [-0.3, -0.25) is 0 Å². The standard InChI is InChI=1S/C7H16N2O/c1-6-8(3)9(4)7(2)10-5/h6-7H,1H2,2-5H3. The van der Waals surface area contributed by atoms with Crippen molar-refractivity contribution >= 4 is 0 Å². The molecule has 0 aliphatic heterocycles. The summed E-state index contributed by atoms with van der Waals surface area (Å²) in [6.45, 7) is 5.60. The van der Waals surface area contributed by atoms with Crippen LogP contribution in [0.5, 0.6) is 0 Å². The summed E-state index contributed by atoms with van der Waals surface area (Å²) in [5.74, 6) is 0. The van der Waals surface area contributed by atoms with Crippen LogP contribution in [-0.4, -0.2) is 37.5 Å². The molecule has 0 saturated carbocycles. The van der Waals surface area contributed by atoms with Gasteiger partial charge in [-0.2, -0.15) is 5.01 Å². The Bertz CT molecular complexity index is 106. The molecule has 1 unspecified atom stereocenters. The molecule has 0 spiro atoms. The average molecular weight is 144 g/mol. The molecule has 0 rings (SSSR count). The topological polar surface area (TPSA) is 15.7 Å². The average Bonchev–Trinajstić information content (AvgIpc) is 2.00. The van der Waals surface area contributed by atoms with Crippen molar-refractivity contribution in [3.05, 3.63) is 12.8 Å². The number of nitrogens with zero attached hydrogens (tertiary/aromatic N) is 2. The zero-order chi connectivity index (χ0) is 8.15. The van der Waals surface area contributed by atoms with Crippen LogP contribution in [0.15, 0.2) is 12.8 Å². The first-order valence-corrected chi connectivity index (χ1v) is 3.24. The van der Waals surface area contributed by atoms with Crippen LogP contribution in [0.3, 0.4) is 0 Å². The molecule has 0 bridgehead atoms. The van der Waals surface area contributed by atoms with Crippen LogP contribution in [0, 0.1) is 0 Å². The second-order valence-electron chi connectivity index (χ2n) is 2.16. The SMILES string of the molecule is C=CN(C)N(C)C(C)OC. The number of hydrazine groups is 1. The van der Waals surface area contributed by atoms with Gasteiger partial charge in [0.1, 0.15) is 6.23 Å². The van der Waals surface area contributed by atoms with Gasteiger partial charge in [0.15, 0.2) is 0 Å². The van der Waals surface area contributed by atoms with Gasteiger partial charge < -0.3 is 9.75 Å². The molecule has 0 aliphatic carbocycles. The predicted molar refractivity (Wildman–Crippen MR) is 42.2 cm³/mol. The molecule has 1 atom stereocenters. The molecule has 0 aromatic carbocycles. The highest BCUT2D eigenvalue weighted by Crippen LogP contribution is 1.98. The Hall–Kier alpha value is -0.540. The summed E-state index contributed by atoms with van der Waals surface area (Å²) in [5.41, 5.74) is 0. The van der Waals surface area contributed by atoms with E-state index < -0.39 is 0 Å². The fourth-order valence-electron chi connectivity index (χ4n) is 0.538. The first-order chi connectivity index (χ1) is 4.63. The Morgan fingerprint density at radius 3 is 2.30 bits per heavy atom. The van der Waals surface area contributed by atoms with Crippen molar-refractivity contribution in [3.8, 4) is 0 Å². The van der Waals surface area contributed by atoms with Crippen molar-refractivity contribution in [3.63, 3.8) is 0 Å². The third-order valence-electron chi connectivity index (χ3n) is 1.63. The molecule has 0 fully saturated rings. The van der Waals surface area contributed by atoms with E-state index in [4.69, 9.17) is 4.74 Å². The van der Waals surface area contributed by atoms with Gasteiger partial charge in [-0.25, -0.2) is 0 Å². The summed E-state index contributed by atoms with van der Waals surface area (Å²) in [6.07, 6.45) is 1.82. The van der Waals surface area contributed by atoms with Crippen molar-refractivity contribution in [1.29, 1.82) is 0 Å². The lowest BCUT2D eigenvalue weighted by atomic mass is 10.6. The van der Waals surface area contributed by atoms with Gasteiger partial charge in [0, 0.05) is 27.4 Å². The zero-order valence-corrected chi connectivity index (χ0v) is 7.16. The van der Waals surface area contributed by atoms with Gasteiger partial charge in [0.2, 0.25) is 0 Å². The van der Waals surface area contributed by atoms with E-state index >= 15 is 0 Å². The molecule has 0 N–H and O–H groups in total. The minimum Gasteiger partial charge on any atom is -0.365 e. The number of hydrogen-bond donors (Lipinski definition) is 0. The van der Waals surface area contributed by atoms with Gasteiger partial charge in [-0.05, 0) is 6.92 Å². The molecule has 10 heavy (non-hydrogen) atoms. The van der Waals surface area contributed by atoms with Gasteiger partial charge >= 0.3 is 0 Å². The minimum absolute atomic E-state index is 0.0861. The number of rotatable bonds is 4. The Labute approximate surface area is 62.8 Å². The summed E-state index contributed by atoms with van der Waals surface area (Å²) >= 11 is 0. The first kappa shape index (κ1) is 9.46. The summed E-state index contributed by atoms with van der Waals surface area (Å²) in [6, 6.07) is 0. The van der Waals surface area contributed by atoms with E-state index in [0.29, 0.717) is 0 Å². The molecule has 0 aromatic heterocycles.